The zero-order chi connectivity index (χ0) is 11.1. The lowest BCUT2D eigenvalue weighted by Crippen LogP contribution is -2.29. The first-order valence-corrected chi connectivity index (χ1v) is 5.58. The maximum absolute atomic E-state index is 4.34. The van der Waals surface area contributed by atoms with E-state index >= 15 is 0 Å². The van der Waals surface area contributed by atoms with Gasteiger partial charge in [0.05, 0.1) is 0 Å². The molecule has 1 aromatic heterocycles. The SMILES string of the molecule is CCCNCCN(C)c1cc(C)ccn1. The third kappa shape index (κ3) is 4.30. The van der Waals surface area contributed by atoms with Gasteiger partial charge in [0.25, 0.3) is 0 Å². The van der Waals surface area contributed by atoms with Crippen molar-refractivity contribution in [3.8, 4) is 0 Å². The summed E-state index contributed by atoms with van der Waals surface area (Å²) in [6.07, 6.45) is 3.05. The highest BCUT2D eigenvalue weighted by atomic mass is 15.2. The predicted molar refractivity (Wildman–Crippen MR) is 65.4 cm³/mol. The van der Waals surface area contributed by atoms with Crippen LogP contribution in [0.2, 0.25) is 0 Å². The van der Waals surface area contributed by atoms with E-state index in [0.717, 1.165) is 25.5 Å². The minimum Gasteiger partial charge on any atom is -0.358 e. The Morgan fingerprint density at radius 1 is 1.40 bits per heavy atom. The molecule has 1 aromatic rings. The van der Waals surface area contributed by atoms with E-state index in [0.29, 0.717) is 0 Å². The van der Waals surface area contributed by atoms with Gasteiger partial charge in [-0.25, -0.2) is 4.98 Å². The Morgan fingerprint density at radius 2 is 2.20 bits per heavy atom. The van der Waals surface area contributed by atoms with Gasteiger partial charge in [0, 0.05) is 26.3 Å². The van der Waals surface area contributed by atoms with Crippen LogP contribution in [0.4, 0.5) is 5.82 Å². The molecule has 0 atom stereocenters. The minimum absolute atomic E-state index is 0.996. The fourth-order valence-corrected chi connectivity index (χ4v) is 1.39. The van der Waals surface area contributed by atoms with Gasteiger partial charge in [0.1, 0.15) is 5.82 Å². The predicted octanol–water partition coefficient (Wildman–Crippen LogP) is 1.83. The van der Waals surface area contributed by atoms with Crippen LogP contribution in [0, 0.1) is 6.92 Å². The molecule has 0 fully saturated rings. The van der Waals surface area contributed by atoms with Gasteiger partial charge in [-0.1, -0.05) is 6.92 Å². The summed E-state index contributed by atoms with van der Waals surface area (Å²) in [7, 11) is 2.08. The van der Waals surface area contributed by atoms with E-state index in [9.17, 15) is 0 Å². The second-order valence-corrected chi connectivity index (χ2v) is 3.86. The first kappa shape index (κ1) is 12.0. The smallest absolute Gasteiger partial charge is 0.128 e. The molecule has 1 N–H and O–H groups in total. The van der Waals surface area contributed by atoms with Crippen LogP contribution in [0.1, 0.15) is 18.9 Å². The molecule has 0 aliphatic rings. The normalized spacial score (nSPS) is 10.3. The number of rotatable bonds is 6. The Labute approximate surface area is 92.5 Å². The Balaban J connectivity index is 2.36. The molecule has 3 nitrogen and oxygen atoms in total. The van der Waals surface area contributed by atoms with E-state index in [1.54, 1.807) is 0 Å². The minimum atomic E-state index is 0.996. The number of pyridine rings is 1. The molecule has 15 heavy (non-hydrogen) atoms. The van der Waals surface area contributed by atoms with Gasteiger partial charge >= 0.3 is 0 Å². The molecular weight excluding hydrogens is 186 g/mol. The number of anilines is 1. The lowest BCUT2D eigenvalue weighted by molar-refractivity contribution is 0.664. The maximum atomic E-state index is 4.34. The Bertz CT molecular complexity index is 286. The molecule has 0 radical (unpaired) electrons. The van der Waals surface area contributed by atoms with Crippen molar-refractivity contribution in [1.82, 2.24) is 10.3 Å². The summed E-state index contributed by atoms with van der Waals surface area (Å²) in [4.78, 5) is 6.51. The summed E-state index contributed by atoms with van der Waals surface area (Å²) in [5.74, 6) is 1.05. The van der Waals surface area contributed by atoms with Crippen LogP contribution in [-0.4, -0.2) is 31.7 Å². The van der Waals surface area contributed by atoms with Crippen LogP contribution in [0.25, 0.3) is 0 Å². The van der Waals surface area contributed by atoms with Crippen LogP contribution < -0.4 is 10.2 Å². The molecule has 0 amide bonds. The summed E-state index contributed by atoms with van der Waals surface area (Å²) in [6, 6.07) is 4.13. The second-order valence-electron chi connectivity index (χ2n) is 3.86. The maximum Gasteiger partial charge on any atom is 0.128 e. The van der Waals surface area contributed by atoms with Crippen molar-refractivity contribution >= 4 is 5.82 Å². The van der Waals surface area contributed by atoms with Crippen molar-refractivity contribution in [3.05, 3.63) is 23.9 Å². The van der Waals surface area contributed by atoms with Crippen LogP contribution in [0.3, 0.4) is 0 Å². The molecule has 84 valence electrons. The topological polar surface area (TPSA) is 28.2 Å². The lowest BCUT2D eigenvalue weighted by Gasteiger charge is -2.18. The number of nitrogens with one attached hydrogen (secondary N) is 1. The number of aryl methyl sites for hydroxylation is 1. The van der Waals surface area contributed by atoms with Crippen molar-refractivity contribution in [2.45, 2.75) is 20.3 Å². The lowest BCUT2D eigenvalue weighted by atomic mass is 10.3. The number of likely N-dealkylation sites (N-methyl/N-ethyl adjacent to an activating group) is 1. The van der Waals surface area contributed by atoms with E-state index in [4.69, 9.17) is 0 Å². The van der Waals surface area contributed by atoms with Crippen molar-refractivity contribution < 1.29 is 0 Å². The molecule has 0 aliphatic carbocycles. The van der Waals surface area contributed by atoms with Gasteiger partial charge in [0.15, 0.2) is 0 Å². The molecule has 0 bridgehead atoms. The van der Waals surface area contributed by atoms with Crippen LogP contribution in [0.15, 0.2) is 18.3 Å². The number of nitrogens with zero attached hydrogens (tertiary/aromatic N) is 2. The summed E-state index contributed by atoms with van der Waals surface area (Å²) in [5, 5.41) is 3.38. The molecule has 0 aromatic carbocycles. The molecule has 0 saturated carbocycles. The van der Waals surface area contributed by atoms with Crippen molar-refractivity contribution in [2.24, 2.45) is 0 Å². The molecule has 0 saturated heterocycles. The van der Waals surface area contributed by atoms with Gasteiger partial charge in [-0.2, -0.15) is 0 Å². The number of hydrogen-bond donors (Lipinski definition) is 1. The van der Waals surface area contributed by atoms with Crippen LogP contribution in [0.5, 0.6) is 0 Å². The first-order chi connectivity index (χ1) is 7.24. The highest BCUT2D eigenvalue weighted by molar-refractivity contribution is 5.39. The average Bonchev–Trinajstić information content (AvgIpc) is 2.24. The largest absolute Gasteiger partial charge is 0.358 e. The van der Waals surface area contributed by atoms with Gasteiger partial charge < -0.3 is 10.2 Å². The van der Waals surface area contributed by atoms with E-state index in [2.05, 4.69) is 42.2 Å². The number of aromatic nitrogens is 1. The fourth-order valence-electron chi connectivity index (χ4n) is 1.39. The van der Waals surface area contributed by atoms with Gasteiger partial charge in [-0.15, -0.1) is 0 Å². The van der Waals surface area contributed by atoms with E-state index < -0.39 is 0 Å². The zero-order valence-electron chi connectivity index (χ0n) is 9.95. The Hall–Kier alpha value is -1.09. The molecule has 3 heteroatoms. The first-order valence-electron chi connectivity index (χ1n) is 5.58. The Kier molecular flexibility index (Phi) is 5.12. The summed E-state index contributed by atoms with van der Waals surface area (Å²) in [6.45, 7) is 7.37. The number of hydrogen-bond acceptors (Lipinski definition) is 3. The molecule has 0 aliphatic heterocycles. The highest BCUT2D eigenvalue weighted by Gasteiger charge is 2.00. The third-order valence-corrected chi connectivity index (χ3v) is 2.34. The van der Waals surface area contributed by atoms with E-state index in [1.165, 1.54) is 12.0 Å². The summed E-state index contributed by atoms with van der Waals surface area (Å²) in [5.41, 5.74) is 1.26. The molecule has 1 heterocycles. The monoisotopic (exact) mass is 207 g/mol. The van der Waals surface area contributed by atoms with Crippen molar-refractivity contribution in [2.75, 3.05) is 31.6 Å². The van der Waals surface area contributed by atoms with Gasteiger partial charge in [-0.3, -0.25) is 0 Å². The van der Waals surface area contributed by atoms with E-state index in [1.807, 2.05) is 12.3 Å². The van der Waals surface area contributed by atoms with Crippen molar-refractivity contribution in [1.29, 1.82) is 0 Å². The average molecular weight is 207 g/mol. The quantitative estimate of drug-likeness (QED) is 0.721. The molecule has 0 unspecified atom stereocenters. The fraction of sp³-hybridized carbons (Fsp3) is 0.583. The van der Waals surface area contributed by atoms with Gasteiger partial charge in [-0.05, 0) is 37.6 Å². The van der Waals surface area contributed by atoms with Crippen LogP contribution in [-0.2, 0) is 0 Å². The van der Waals surface area contributed by atoms with Crippen molar-refractivity contribution in [3.63, 3.8) is 0 Å². The Morgan fingerprint density at radius 3 is 2.87 bits per heavy atom. The van der Waals surface area contributed by atoms with Crippen LogP contribution >= 0.6 is 0 Å². The zero-order valence-corrected chi connectivity index (χ0v) is 9.95. The van der Waals surface area contributed by atoms with Gasteiger partial charge in [0.2, 0.25) is 0 Å². The summed E-state index contributed by atoms with van der Waals surface area (Å²) < 4.78 is 0. The molecule has 0 spiro atoms. The molecular formula is C12H21N3. The second kappa shape index (κ2) is 6.40. The molecule has 1 rings (SSSR count). The highest BCUT2D eigenvalue weighted by Crippen LogP contribution is 2.09. The third-order valence-electron chi connectivity index (χ3n) is 2.34. The van der Waals surface area contributed by atoms with E-state index in [-0.39, 0.29) is 0 Å². The summed E-state index contributed by atoms with van der Waals surface area (Å²) >= 11 is 0. The standard InChI is InChI=1S/C12H21N3/c1-4-6-13-8-9-15(3)12-10-11(2)5-7-14-12/h5,7,10,13H,4,6,8-9H2,1-3H3.